The third-order valence-electron chi connectivity index (χ3n) is 4.34. The second-order valence-corrected chi connectivity index (χ2v) is 7.98. The lowest BCUT2D eigenvalue weighted by atomic mass is 10.1. The predicted molar refractivity (Wildman–Crippen MR) is 102 cm³/mol. The van der Waals surface area contributed by atoms with Gasteiger partial charge in [0, 0.05) is 22.7 Å². The number of hydrogen-bond acceptors (Lipinski definition) is 3. The summed E-state index contributed by atoms with van der Waals surface area (Å²) in [5, 5.41) is 9.60. The molecular formula is C20H18FNO4S. The Balaban J connectivity index is 2.31. The molecule has 7 heteroatoms. The number of hydrogen-bond donors (Lipinski definition) is 1. The molecule has 140 valence electrons. The van der Waals surface area contributed by atoms with E-state index < -0.39 is 21.8 Å². The van der Waals surface area contributed by atoms with Gasteiger partial charge in [-0.15, -0.1) is 0 Å². The standard InChI is InChI=1S/C20H18FNO4S/c1-3-14(20(23)24)11-15-12-22(19-17(15)5-4-6-18(19)21)27(25,26)16-9-7-13(2)8-10-16/h4-12H,3H2,1-2H3,(H,23,24). The van der Waals surface area contributed by atoms with Crippen molar-refractivity contribution in [2.24, 2.45) is 0 Å². The van der Waals surface area contributed by atoms with Gasteiger partial charge in [-0.1, -0.05) is 36.8 Å². The molecule has 0 spiro atoms. The average Bonchev–Trinajstić information content (AvgIpc) is 3.00. The molecule has 1 N–H and O–H groups in total. The molecule has 5 nitrogen and oxygen atoms in total. The minimum atomic E-state index is -4.05. The largest absolute Gasteiger partial charge is 0.478 e. The van der Waals surface area contributed by atoms with Crippen LogP contribution >= 0.6 is 0 Å². The summed E-state index contributed by atoms with van der Waals surface area (Å²) in [6.45, 7) is 3.52. The summed E-state index contributed by atoms with van der Waals surface area (Å²) in [5.41, 5.74) is 1.23. The van der Waals surface area contributed by atoms with Crippen LogP contribution < -0.4 is 0 Å². The van der Waals surface area contributed by atoms with Crippen molar-refractivity contribution in [2.45, 2.75) is 25.2 Å². The van der Waals surface area contributed by atoms with Gasteiger partial charge >= 0.3 is 5.97 Å². The fourth-order valence-electron chi connectivity index (χ4n) is 2.86. The quantitative estimate of drug-likeness (QED) is 0.666. The van der Waals surface area contributed by atoms with Crippen LogP contribution in [0.3, 0.4) is 0 Å². The molecule has 0 saturated carbocycles. The van der Waals surface area contributed by atoms with Crippen molar-refractivity contribution in [1.82, 2.24) is 3.97 Å². The number of aliphatic carboxylic acids is 1. The third-order valence-corrected chi connectivity index (χ3v) is 6.01. The molecular weight excluding hydrogens is 369 g/mol. The van der Waals surface area contributed by atoms with Gasteiger partial charge in [-0.3, -0.25) is 0 Å². The van der Waals surface area contributed by atoms with Gasteiger partial charge in [-0.05, 0) is 37.6 Å². The highest BCUT2D eigenvalue weighted by atomic mass is 32.2. The highest BCUT2D eigenvalue weighted by Crippen LogP contribution is 2.30. The van der Waals surface area contributed by atoms with Gasteiger partial charge in [0.2, 0.25) is 0 Å². The number of carbonyl (C=O) groups is 1. The summed E-state index contributed by atoms with van der Waals surface area (Å²) < 4.78 is 41.6. The Hall–Kier alpha value is -2.93. The highest BCUT2D eigenvalue weighted by molar-refractivity contribution is 7.90. The van der Waals surface area contributed by atoms with E-state index in [0.29, 0.717) is 10.9 Å². The van der Waals surface area contributed by atoms with Crippen LogP contribution in [0.4, 0.5) is 4.39 Å². The molecule has 0 saturated heterocycles. The van der Waals surface area contributed by atoms with Crippen LogP contribution in [0.25, 0.3) is 17.0 Å². The SMILES string of the molecule is CCC(=Cc1cn(S(=O)(=O)c2ccc(C)cc2)c2c(F)cccc12)C(=O)O. The molecule has 1 aromatic heterocycles. The van der Waals surface area contributed by atoms with Crippen molar-refractivity contribution in [2.75, 3.05) is 0 Å². The number of carboxylic acids is 1. The number of fused-ring (bicyclic) bond motifs is 1. The highest BCUT2D eigenvalue weighted by Gasteiger charge is 2.23. The van der Waals surface area contributed by atoms with Gasteiger partial charge in [0.1, 0.15) is 11.3 Å². The zero-order valence-electron chi connectivity index (χ0n) is 14.8. The molecule has 3 aromatic rings. The van der Waals surface area contributed by atoms with E-state index in [4.69, 9.17) is 0 Å². The van der Waals surface area contributed by atoms with E-state index in [-0.39, 0.29) is 22.4 Å². The number of halogens is 1. The van der Waals surface area contributed by atoms with E-state index in [1.807, 2.05) is 6.92 Å². The number of benzene rings is 2. The smallest absolute Gasteiger partial charge is 0.331 e. The zero-order chi connectivity index (χ0) is 19.8. The number of nitrogens with zero attached hydrogens (tertiary/aromatic N) is 1. The molecule has 3 rings (SSSR count). The lowest BCUT2D eigenvalue weighted by molar-refractivity contribution is -0.132. The molecule has 27 heavy (non-hydrogen) atoms. The summed E-state index contributed by atoms with van der Waals surface area (Å²) in [7, 11) is -4.05. The number of para-hydroxylation sites is 1. The fraction of sp³-hybridized carbons (Fsp3) is 0.150. The Morgan fingerprint density at radius 1 is 1.19 bits per heavy atom. The predicted octanol–water partition coefficient (Wildman–Crippen LogP) is 4.20. The van der Waals surface area contributed by atoms with Crippen LogP contribution in [0.15, 0.2) is 59.1 Å². The summed E-state index contributed by atoms with van der Waals surface area (Å²) in [6.07, 6.45) is 2.90. The van der Waals surface area contributed by atoms with Crippen LogP contribution in [-0.4, -0.2) is 23.5 Å². The second-order valence-electron chi connectivity index (χ2n) is 6.16. The van der Waals surface area contributed by atoms with E-state index in [1.165, 1.54) is 36.5 Å². The van der Waals surface area contributed by atoms with Gasteiger partial charge in [-0.25, -0.2) is 21.6 Å². The summed E-state index contributed by atoms with van der Waals surface area (Å²) in [4.78, 5) is 11.4. The lowest BCUT2D eigenvalue weighted by Gasteiger charge is -2.08. The lowest BCUT2D eigenvalue weighted by Crippen LogP contribution is -2.12. The van der Waals surface area contributed by atoms with Crippen molar-refractivity contribution in [3.05, 3.63) is 71.2 Å². The minimum absolute atomic E-state index is 0.0257. The maximum Gasteiger partial charge on any atom is 0.331 e. The topological polar surface area (TPSA) is 76.4 Å². The molecule has 0 atom stereocenters. The number of carboxylic acid groups (broad SMARTS) is 1. The van der Waals surface area contributed by atoms with E-state index in [0.717, 1.165) is 9.54 Å². The summed E-state index contributed by atoms with van der Waals surface area (Å²) in [6, 6.07) is 10.5. The van der Waals surface area contributed by atoms with E-state index >= 15 is 0 Å². The van der Waals surface area contributed by atoms with Gasteiger partial charge < -0.3 is 5.11 Å². The molecule has 0 aliphatic heterocycles. The zero-order valence-corrected chi connectivity index (χ0v) is 15.6. The molecule has 0 unspecified atom stereocenters. The molecule has 0 amide bonds. The fourth-order valence-corrected chi connectivity index (χ4v) is 4.25. The minimum Gasteiger partial charge on any atom is -0.478 e. The van der Waals surface area contributed by atoms with Crippen LogP contribution in [0.5, 0.6) is 0 Å². The third kappa shape index (κ3) is 3.38. The Bertz CT molecular complexity index is 1160. The number of aromatic nitrogens is 1. The Morgan fingerprint density at radius 2 is 1.85 bits per heavy atom. The average molecular weight is 387 g/mol. The normalized spacial score (nSPS) is 12.5. The van der Waals surface area contributed by atoms with Crippen molar-refractivity contribution in [3.8, 4) is 0 Å². The van der Waals surface area contributed by atoms with Crippen molar-refractivity contribution in [1.29, 1.82) is 0 Å². The Morgan fingerprint density at radius 3 is 2.44 bits per heavy atom. The molecule has 2 aromatic carbocycles. The van der Waals surface area contributed by atoms with Crippen LogP contribution in [0.1, 0.15) is 24.5 Å². The van der Waals surface area contributed by atoms with Crippen LogP contribution in [0.2, 0.25) is 0 Å². The Kier molecular flexibility index (Phi) is 4.89. The first-order chi connectivity index (χ1) is 12.8. The van der Waals surface area contributed by atoms with Crippen molar-refractivity contribution >= 4 is 33.0 Å². The number of aryl methyl sites for hydroxylation is 1. The first kappa shape index (κ1) is 18.8. The molecule has 0 bridgehead atoms. The van der Waals surface area contributed by atoms with Gasteiger partial charge in [0.25, 0.3) is 10.0 Å². The molecule has 0 fully saturated rings. The summed E-state index contributed by atoms with van der Waals surface area (Å²) >= 11 is 0. The van der Waals surface area contributed by atoms with Gasteiger partial charge in [0.05, 0.1) is 4.90 Å². The van der Waals surface area contributed by atoms with Crippen molar-refractivity contribution in [3.63, 3.8) is 0 Å². The van der Waals surface area contributed by atoms with Gasteiger partial charge in [0.15, 0.2) is 0 Å². The number of rotatable bonds is 5. The molecule has 0 radical (unpaired) electrons. The van der Waals surface area contributed by atoms with Gasteiger partial charge in [-0.2, -0.15) is 0 Å². The maximum atomic E-state index is 14.5. The Labute approximate surface area is 156 Å². The summed E-state index contributed by atoms with van der Waals surface area (Å²) in [5.74, 6) is -1.80. The second kappa shape index (κ2) is 7.00. The first-order valence-electron chi connectivity index (χ1n) is 8.31. The molecule has 0 aliphatic rings. The van der Waals surface area contributed by atoms with E-state index in [2.05, 4.69) is 0 Å². The van der Waals surface area contributed by atoms with E-state index in [1.54, 1.807) is 25.1 Å². The molecule has 1 heterocycles. The van der Waals surface area contributed by atoms with Crippen LogP contribution in [0, 0.1) is 12.7 Å². The van der Waals surface area contributed by atoms with E-state index in [9.17, 15) is 22.7 Å². The molecule has 0 aliphatic carbocycles. The van der Waals surface area contributed by atoms with Crippen molar-refractivity contribution < 1.29 is 22.7 Å². The maximum absolute atomic E-state index is 14.5. The monoisotopic (exact) mass is 387 g/mol. The van der Waals surface area contributed by atoms with Crippen LogP contribution in [-0.2, 0) is 14.8 Å². The first-order valence-corrected chi connectivity index (χ1v) is 9.75.